The van der Waals surface area contributed by atoms with E-state index < -0.39 is 56.7 Å². The highest BCUT2D eigenvalue weighted by Crippen LogP contribution is 2.51. The minimum atomic E-state index is -4.60. The van der Waals surface area contributed by atoms with Gasteiger partial charge in [-0.05, 0) is 61.9 Å². The molecule has 41 heavy (non-hydrogen) atoms. The summed E-state index contributed by atoms with van der Waals surface area (Å²) >= 11 is 12.2. The average molecular weight is 630 g/mol. The van der Waals surface area contributed by atoms with Gasteiger partial charge in [0.2, 0.25) is 11.8 Å². The lowest BCUT2D eigenvalue weighted by Gasteiger charge is -2.29. The number of carbonyl (C=O) groups is 2. The van der Waals surface area contributed by atoms with Gasteiger partial charge in [-0.25, -0.2) is 8.42 Å². The van der Waals surface area contributed by atoms with Crippen LogP contribution in [0.1, 0.15) is 37.7 Å². The first-order chi connectivity index (χ1) is 19.2. The van der Waals surface area contributed by atoms with Crippen molar-refractivity contribution in [3.63, 3.8) is 0 Å². The van der Waals surface area contributed by atoms with Crippen molar-refractivity contribution >= 4 is 44.9 Å². The third-order valence-electron chi connectivity index (χ3n) is 7.76. The Morgan fingerprint density at radius 3 is 2.29 bits per heavy atom. The van der Waals surface area contributed by atoms with Gasteiger partial charge in [0.1, 0.15) is 17.3 Å². The zero-order chi connectivity index (χ0) is 29.8. The van der Waals surface area contributed by atoms with Gasteiger partial charge < -0.3 is 15.0 Å². The summed E-state index contributed by atoms with van der Waals surface area (Å²) in [4.78, 5) is 28.3. The number of nitriles is 1. The number of ether oxygens (including phenoxy) is 1. The molecule has 218 valence electrons. The number of nitrogens with one attached hydrogen (secondary N) is 1. The zero-order valence-electron chi connectivity index (χ0n) is 21.4. The molecule has 2 amide bonds. The number of rotatable bonds is 8. The number of amides is 2. The van der Waals surface area contributed by atoms with Gasteiger partial charge in [-0.1, -0.05) is 35.3 Å². The first-order valence-electron chi connectivity index (χ1n) is 12.7. The molecule has 2 saturated carbocycles. The van der Waals surface area contributed by atoms with E-state index in [1.165, 1.54) is 4.90 Å². The van der Waals surface area contributed by atoms with Gasteiger partial charge in [-0.15, -0.1) is 0 Å². The zero-order valence-corrected chi connectivity index (χ0v) is 23.7. The van der Waals surface area contributed by atoms with E-state index in [0.717, 1.165) is 18.2 Å². The standard InChI is InChI=1S/C27H24Cl2F3N3O5S/c28-17-3-1-16(2-4-17)26(9-10-26)24(37)35-13-19(12-21(35)23(36)34-25(14-33)7-8-25)41(38,39)22-6-5-18(11-20(22)29)40-15-27(30,31)32/h1-6,11,19,21H,7-10,12-13,15H2,(H,34,36). The fourth-order valence-electron chi connectivity index (χ4n) is 5.15. The van der Waals surface area contributed by atoms with Crippen LogP contribution in [0.5, 0.6) is 5.75 Å². The molecule has 2 aromatic rings. The number of likely N-dealkylation sites (tertiary alicyclic amines) is 1. The summed E-state index contributed by atoms with van der Waals surface area (Å²) in [6, 6.07) is 10.7. The van der Waals surface area contributed by atoms with Crippen LogP contribution in [0.2, 0.25) is 10.0 Å². The summed E-state index contributed by atoms with van der Waals surface area (Å²) in [5, 5.41) is 11.0. The number of benzene rings is 2. The minimum absolute atomic E-state index is 0.249. The lowest BCUT2D eigenvalue weighted by atomic mass is 9.94. The molecule has 5 rings (SSSR count). The number of hydrogen-bond donors (Lipinski definition) is 1. The fourth-order valence-corrected chi connectivity index (χ4v) is 7.50. The van der Waals surface area contributed by atoms with E-state index in [0.29, 0.717) is 36.3 Å². The van der Waals surface area contributed by atoms with Crippen molar-refractivity contribution in [3.8, 4) is 11.8 Å². The van der Waals surface area contributed by atoms with Crippen molar-refractivity contribution in [2.24, 2.45) is 0 Å². The summed E-state index contributed by atoms with van der Waals surface area (Å²) < 4.78 is 69.6. The Morgan fingerprint density at radius 2 is 1.76 bits per heavy atom. The van der Waals surface area contributed by atoms with Gasteiger partial charge in [0.05, 0.1) is 26.7 Å². The summed E-state index contributed by atoms with van der Waals surface area (Å²) in [6.07, 6.45) is -2.94. The fraction of sp³-hybridized carbons (Fsp3) is 0.444. The smallest absolute Gasteiger partial charge is 0.422 e. The molecule has 0 bridgehead atoms. The van der Waals surface area contributed by atoms with E-state index in [1.807, 2.05) is 0 Å². The first kappa shape index (κ1) is 29.5. The van der Waals surface area contributed by atoms with Crippen LogP contribution in [0, 0.1) is 11.3 Å². The Bertz CT molecular complexity index is 1530. The maximum Gasteiger partial charge on any atom is 0.422 e. The Labute approximate surface area is 244 Å². The highest BCUT2D eigenvalue weighted by molar-refractivity contribution is 7.92. The van der Waals surface area contributed by atoms with E-state index in [4.69, 9.17) is 23.2 Å². The number of sulfone groups is 1. The van der Waals surface area contributed by atoms with Crippen molar-refractivity contribution in [1.82, 2.24) is 10.2 Å². The molecule has 2 aliphatic carbocycles. The number of alkyl halides is 3. The van der Waals surface area contributed by atoms with E-state index in [-0.39, 0.29) is 28.6 Å². The predicted octanol–water partition coefficient (Wildman–Crippen LogP) is 4.58. The number of carbonyl (C=O) groups excluding carboxylic acids is 2. The maximum absolute atomic E-state index is 14.0. The van der Waals surface area contributed by atoms with Crippen LogP contribution in [-0.2, 0) is 24.8 Å². The minimum Gasteiger partial charge on any atom is -0.484 e. The number of hydrogen-bond acceptors (Lipinski definition) is 6. The molecule has 3 fully saturated rings. The van der Waals surface area contributed by atoms with Crippen LogP contribution < -0.4 is 10.1 Å². The second kappa shape index (κ2) is 10.4. The molecule has 0 spiro atoms. The van der Waals surface area contributed by atoms with Crippen LogP contribution in [0.25, 0.3) is 0 Å². The van der Waals surface area contributed by atoms with Crippen molar-refractivity contribution in [1.29, 1.82) is 5.26 Å². The molecule has 1 N–H and O–H groups in total. The number of halogens is 5. The molecule has 2 unspecified atom stereocenters. The molecule has 14 heteroatoms. The summed E-state index contributed by atoms with van der Waals surface area (Å²) in [5.41, 5.74) is -1.26. The molecular formula is C27H24Cl2F3N3O5S. The molecule has 3 aliphatic rings. The molecule has 2 atom stereocenters. The molecule has 0 radical (unpaired) electrons. The third kappa shape index (κ3) is 5.85. The quantitative estimate of drug-likeness (QED) is 0.457. The largest absolute Gasteiger partial charge is 0.484 e. The van der Waals surface area contributed by atoms with Gasteiger partial charge in [0.15, 0.2) is 16.4 Å². The Hall–Kier alpha value is -3.01. The summed E-state index contributed by atoms with van der Waals surface area (Å²) in [6.45, 7) is -1.89. The summed E-state index contributed by atoms with van der Waals surface area (Å²) in [7, 11) is -4.26. The van der Waals surface area contributed by atoms with E-state index in [9.17, 15) is 36.4 Å². The molecule has 0 aromatic heterocycles. The molecule has 1 saturated heterocycles. The number of nitrogens with zero attached hydrogens (tertiary/aromatic N) is 2. The second-order valence-corrected chi connectivity index (χ2v) is 13.7. The predicted molar refractivity (Wildman–Crippen MR) is 142 cm³/mol. The molecule has 1 aliphatic heterocycles. The van der Waals surface area contributed by atoms with Gasteiger partial charge in [-0.2, -0.15) is 18.4 Å². The molecule has 8 nitrogen and oxygen atoms in total. The Balaban J connectivity index is 1.43. The van der Waals surface area contributed by atoms with Gasteiger partial charge in [-0.3, -0.25) is 9.59 Å². The third-order valence-corrected chi connectivity index (χ3v) is 10.6. The highest BCUT2D eigenvalue weighted by atomic mass is 35.5. The highest BCUT2D eigenvalue weighted by Gasteiger charge is 2.58. The van der Waals surface area contributed by atoms with Crippen molar-refractivity contribution < 1.29 is 35.9 Å². The van der Waals surface area contributed by atoms with E-state index >= 15 is 0 Å². The van der Waals surface area contributed by atoms with Crippen LogP contribution >= 0.6 is 23.2 Å². The topological polar surface area (TPSA) is 117 Å². The lowest BCUT2D eigenvalue weighted by molar-refractivity contribution is -0.153. The Morgan fingerprint density at radius 1 is 1.10 bits per heavy atom. The van der Waals surface area contributed by atoms with Gasteiger partial charge >= 0.3 is 6.18 Å². The van der Waals surface area contributed by atoms with Gasteiger partial charge in [0.25, 0.3) is 0 Å². The average Bonchev–Trinajstić information content (AvgIpc) is 3.83. The van der Waals surface area contributed by atoms with Crippen molar-refractivity contribution in [2.75, 3.05) is 13.2 Å². The first-order valence-corrected chi connectivity index (χ1v) is 15.0. The van der Waals surface area contributed by atoms with E-state index in [1.54, 1.807) is 24.3 Å². The molecular weight excluding hydrogens is 606 g/mol. The molecule has 2 aromatic carbocycles. The van der Waals surface area contributed by atoms with Crippen molar-refractivity contribution in [2.45, 2.75) is 65.4 Å². The Kier molecular flexibility index (Phi) is 7.45. The summed E-state index contributed by atoms with van der Waals surface area (Å²) in [5.74, 6) is -1.29. The van der Waals surface area contributed by atoms with Crippen LogP contribution in [-0.4, -0.2) is 61.3 Å². The van der Waals surface area contributed by atoms with Crippen molar-refractivity contribution in [3.05, 3.63) is 58.1 Å². The molecule has 1 heterocycles. The lowest BCUT2D eigenvalue weighted by Crippen LogP contribution is -2.51. The monoisotopic (exact) mass is 629 g/mol. The van der Waals surface area contributed by atoms with Crippen LogP contribution in [0.3, 0.4) is 0 Å². The van der Waals surface area contributed by atoms with Crippen LogP contribution in [0.15, 0.2) is 47.4 Å². The van der Waals surface area contributed by atoms with E-state index in [2.05, 4.69) is 16.1 Å². The normalized spacial score (nSPS) is 22.5. The maximum atomic E-state index is 14.0. The second-order valence-electron chi connectivity index (χ2n) is 10.6. The van der Waals surface area contributed by atoms with Gasteiger partial charge in [0, 0.05) is 17.6 Å². The van der Waals surface area contributed by atoms with Crippen LogP contribution in [0.4, 0.5) is 13.2 Å². The SMILES string of the molecule is N#CC1(NC(=O)C2CC(S(=O)(=O)c3ccc(OCC(F)(F)F)cc3Cl)CN2C(=O)C2(c3ccc(Cl)cc3)CC2)CC1.